The van der Waals surface area contributed by atoms with Gasteiger partial charge in [0.15, 0.2) is 0 Å². The largest absolute Gasteiger partial charge is 0.385 e. The Kier molecular flexibility index (Phi) is 11.2. The number of hydrogen-bond acceptors (Lipinski definition) is 7. The Hall–Kier alpha value is -4.79. The number of hydrogen-bond donors (Lipinski definition) is 2. The van der Waals surface area contributed by atoms with E-state index in [9.17, 15) is 13.8 Å². The molecule has 2 amide bonds. The van der Waals surface area contributed by atoms with Gasteiger partial charge in [0.2, 0.25) is 0 Å². The maximum atomic E-state index is 13.4. The second kappa shape index (κ2) is 15.3. The lowest BCUT2D eigenvalue weighted by Gasteiger charge is -2.18. The van der Waals surface area contributed by atoms with Crippen LogP contribution in [0.3, 0.4) is 0 Å². The molecule has 2 aromatic heterocycles. The van der Waals surface area contributed by atoms with E-state index in [1.54, 1.807) is 49.5 Å². The van der Waals surface area contributed by atoms with Crippen LogP contribution >= 0.6 is 0 Å². The van der Waals surface area contributed by atoms with Crippen molar-refractivity contribution in [1.29, 1.82) is 0 Å². The molecule has 2 heterocycles. The van der Waals surface area contributed by atoms with Crippen molar-refractivity contribution in [3.63, 3.8) is 0 Å². The lowest BCUT2D eigenvalue weighted by molar-refractivity contribution is 0.0999. The van der Waals surface area contributed by atoms with Crippen molar-refractivity contribution in [3.05, 3.63) is 101 Å². The van der Waals surface area contributed by atoms with Crippen molar-refractivity contribution in [1.82, 2.24) is 19.7 Å². The van der Waals surface area contributed by atoms with Gasteiger partial charge in [0.05, 0.1) is 21.0 Å². The van der Waals surface area contributed by atoms with Crippen LogP contribution in [-0.4, -0.2) is 68.1 Å². The Morgan fingerprint density at radius 2 is 1.71 bits per heavy atom. The van der Waals surface area contributed by atoms with Gasteiger partial charge in [0, 0.05) is 59.6 Å². The van der Waals surface area contributed by atoms with E-state index in [1.165, 1.54) is 23.3 Å². The Balaban J connectivity index is 1.41. The van der Waals surface area contributed by atoms with Gasteiger partial charge in [-0.3, -0.25) is 19.3 Å². The third-order valence-corrected chi connectivity index (χ3v) is 8.78. The van der Waals surface area contributed by atoms with Crippen LogP contribution in [-0.2, 0) is 16.8 Å². The predicted octanol–water partition coefficient (Wildman–Crippen LogP) is 5.22. The van der Waals surface area contributed by atoms with Gasteiger partial charge in [-0.25, -0.2) is 4.21 Å². The van der Waals surface area contributed by atoms with E-state index in [4.69, 9.17) is 0 Å². The van der Waals surface area contributed by atoms with Crippen LogP contribution in [0.2, 0.25) is 0 Å². The smallest absolute Gasteiger partial charge is 0.286 e. The highest BCUT2D eigenvalue weighted by atomic mass is 32.2. The van der Waals surface area contributed by atoms with Gasteiger partial charge in [-0.05, 0) is 87.6 Å². The SMILES string of the molecule is CCN(CC)CCCNc1ccc(S(C)(=O)=NC(=O)c2cncc(C#Cc3cccc(NC(=O)c4cc(C)nn4C)c3)c2)cc1. The molecule has 0 aliphatic carbocycles. The molecule has 0 saturated carbocycles. The highest BCUT2D eigenvalue weighted by molar-refractivity contribution is 7.93. The Morgan fingerprint density at radius 3 is 2.40 bits per heavy atom. The van der Waals surface area contributed by atoms with E-state index in [2.05, 4.69) is 55.7 Å². The molecule has 0 bridgehead atoms. The number of benzene rings is 2. The van der Waals surface area contributed by atoms with Crippen molar-refractivity contribution < 1.29 is 13.8 Å². The number of aryl methyl sites for hydroxylation is 2. The molecule has 10 nitrogen and oxygen atoms in total. The van der Waals surface area contributed by atoms with Gasteiger partial charge in [-0.1, -0.05) is 31.8 Å². The van der Waals surface area contributed by atoms with E-state index < -0.39 is 15.6 Å². The van der Waals surface area contributed by atoms with Crippen molar-refractivity contribution in [3.8, 4) is 11.8 Å². The summed E-state index contributed by atoms with van der Waals surface area (Å²) in [5.41, 5.74) is 4.06. The number of rotatable bonds is 11. The summed E-state index contributed by atoms with van der Waals surface area (Å²) in [7, 11) is -1.27. The normalized spacial score (nSPS) is 12.1. The molecule has 11 heteroatoms. The minimum Gasteiger partial charge on any atom is -0.385 e. The third kappa shape index (κ3) is 9.35. The zero-order chi connectivity index (χ0) is 32.4. The first-order valence-corrected chi connectivity index (χ1v) is 16.7. The van der Waals surface area contributed by atoms with Crippen LogP contribution < -0.4 is 10.6 Å². The van der Waals surface area contributed by atoms with Gasteiger partial charge < -0.3 is 15.5 Å². The summed E-state index contributed by atoms with van der Waals surface area (Å²) in [5.74, 6) is 5.13. The first-order chi connectivity index (χ1) is 21.6. The highest BCUT2D eigenvalue weighted by Crippen LogP contribution is 2.18. The molecule has 2 aromatic carbocycles. The number of carbonyl (C=O) groups is 2. The topological polar surface area (TPSA) is 122 Å². The van der Waals surface area contributed by atoms with Crippen LogP contribution in [0.15, 0.2) is 82.3 Å². The fourth-order valence-corrected chi connectivity index (χ4v) is 5.80. The molecule has 0 aliphatic rings. The fraction of sp³-hybridized carbons (Fsp3) is 0.294. The number of amides is 2. The maximum Gasteiger partial charge on any atom is 0.286 e. The Bertz CT molecular complexity index is 1840. The third-order valence-electron chi connectivity index (χ3n) is 7.11. The molecule has 0 radical (unpaired) electrons. The van der Waals surface area contributed by atoms with E-state index in [0.29, 0.717) is 27.4 Å². The summed E-state index contributed by atoms with van der Waals surface area (Å²) in [4.78, 5) is 32.6. The van der Waals surface area contributed by atoms with Crippen molar-refractivity contribution in [2.75, 3.05) is 43.1 Å². The maximum absolute atomic E-state index is 13.4. The number of nitrogens with zero attached hydrogens (tertiary/aromatic N) is 5. The molecule has 0 spiro atoms. The molecule has 2 N–H and O–H groups in total. The molecule has 1 atom stereocenters. The van der Waals surface area contributed by atoms with Gasteiger partial charge in [0.1, 0.15) is 5.69 Å². The fourth-order valence-electron chi connectivity index (χ4n) is 4.63. The lowest BCUT2D eigenvalue weighted by atomic mass is 10.1. The molecular formula is C34H39N7O3S. The van der Waals surface area contributed by atoms with Crippen molar-refractivity contribution in [2.45, 2.75) is 32.1 Å². The van der Waals surface area contributed by atoms with Gasteiger partial charge >= 0.3 is 0 Å². The molecule has 1 unspecified atom stereocenters. The summed E-state index contributed by atoms with van der Waals surface area (Å²) in [6.45, 7) is 10.1. The van der Waals surface area contributed by atoms with Crippen LogP contribution in [0.5, 0.6) is 0 Å². The number of pyridine rings is 1. The lowest BCUT2D eigenvalue weighted by Crippen LogP contribution is -2.25. The number of aromatic nitrogens is 3. The van der Waals surface area contributed by atoms with Gasteiger partial charge in [0.25, 0.3) is 11.8 Å². The summed E-state index contributed by atoms with van der Waals surface area (Å²) >= 11 is 0. The van der Waals surface area contributed by atoms with Gasteiger partial charge in [-0.15, -0.1) is 0 Å². The zero-order valence-electron chi connectivity index (χ0n) is 26.3. The molecule has 4 aromatic rings. The standard InChI is InChI=1S/C34H39N7O3S/c1-6-41(7-2)19-9-18-36-29-14-16-31(17-15-29)45(5,44)39-33(42)28-21-27(23-35-24-28)13-12-26-10-8-11-30(22-26)37-34(43)32-20-25(3)38-40(32)4/h8,10-11,14-17,20-24,36H,6-7,9,18-19H2,1-5H3,(H,37,43). The van der Waals surface area contributed by atoms with Gasteiger partial charge in [-0.2, -0.15) is 9.46 Å². The average Bonchev–Trinajstić information content (AvgIpc) is 3.38. The summed E-state index contributed by atoms with van der Waals surface area (Å²) in [6.07, 6.45) is 5.40. The molecule has 234 valence electrons. The summed E-state index contributed by atoms with van der Waals surface area (Å²) in [5, 5.41) is 10.5. The van der Waals surface area contributed by atoms with Crippen LogP contribution in [0, 0.1) is 18.8 Å². The quantitative estimate of drug-likeness (QED) is 0.173. The van der Waals surface area contributed by atoms with Crippen LogP contribution in [0.25, 0.3) is 0 Å². The second-order valence-electron chi connectivity index (χ2n) is 10.6. The number of anilines is 2. The minimum absolute atomic E-state index is 0.190. The molecule has 45 heavy (non-hydrogen) atoms. The minimum atomic E-state index is -2.98. The molecule has 4 rings (SSSR count). The van der Waals surface area contributed by atoms with E-state index in [0.717, 1.165) is 44.0 Å². The zero-order valence-corrected chi connectivity index (χ0v) is 27.1. The summed E-state index contributed by atoms with van der Waals surface area (Å²) < 4.78 is 19.0. The molecule has 0 saturated heterocycles. The van der Waals surface area contributed by atoms with E-state index in [1.807, 2.05) is 25.1 Å². The first kappa shape index (κ1) is 33.1. The Labute approximate surface area is 265 Å². The predicted molar refractivity (Wildman–Crippen MR) is 179 cm³/mol. The first-order valence-electron chi connectivity index (χ1n) is 14.8. The molecular weight excluding hydrogens is 586 g/mol. The average molecular weight is 626 g/mol. The van der Waals surface area contributed by atoms with Crippen LogP contribution in [0.1, 0.15) is 57.9 Å². The van der Waals surface area contributed by atoms with E-state index in [-0.39, 0.29) is 11.5 Å². The number of carbonyl (C=O) groups excluding carboxylic acids is 2. The monoisotopic (exact) mass is 625 g/mol. The van der Waals surface area contributed by atoms with Crippen molar-refractivity contribution >= 4 is 32.9 Å². The molecule has 0 fully saturated rings. The summed E-state index contributed by atoms with van der Waals surface area (Å²) in [6, 6.07) is 17.6. The van der Waals surface area contributed by atoms with Crippen LogP contribution in [0.4, 0.5) is 11.4 Å². The number of nitrogens with one attached hydrogen (secondary N) is 2. The molecule has 0 aliphatic heterocycles. The highest BCUT2D eigenvalue weighted by Gasteiger charge is 2.14. The van der Waals surface area contributed by atoms with E-state index >= 15 is 0 Å². The van der Waals surface area contributed by atoms with Crippen molar-refractivity contribution in [2.24, 2.45) is 11.4 Å². The second-order valence-corrected chi connectivity index (χ2v) is 12.8. The Morgan fingerprint density at radius 1 is 0.978 bits per heavy atom.